The van der Waals surface area contributed by atoms with Crippen LogP contribution >= 0.6 is 0 Å². The van der Waals surface area contributed by atoms with Gasteiger partial charge < -0.3 is 15.1 Å². The minimum Gasteiger partial charge on any atom is -0.357 e. The van der Waals surface area contributed by atoms with Gasteiger partial charge in [0, 0.05) is 26.2 Å². The van der Waals surface area contributed by atoms with E-state index in [4.69, 9.17) is 4.99 Å². The molecule has 2 fully saturated rings. The van der Waals surface area contributed by atoms with Crippen molar-refractivity contribution in [2.45, 2.75) is 52.1 Å². The van der Waals surface area contributed by atoms with E-state index in [9.17, 15) is 0 Å². The molecule has 1 heterocycles. The quantitative estimate of drug-likeness (QED) is 0.656. The van der Waals surface area contributed by atoms with E-state index in [0.29, 0.717) is 5.41 Å². The third kappa shape index (κ3) is 4.75. The van der Waals surface area contributed by atoms with Crippen molar-refractivity contribution in [3.63, 3.8) is 0 Å². The Morgan fingerprint density at radius 2 is 1.80 bits per heavy atom. The molecule has 3 rings (SSSR count). The Hall–Kier alpha value is -1.55. The lowest BCUT2D eigenvalue weighted by molar-refractivity contribution is 0.309. The summed E-state index contributed by atoms with van der Waals surface area (Å²) in [5.41, 5.74) is 3.23. The van der Waals surface area contributed by atoms with Crippen LogP contribution in [0.3, 0.4) is 0 Å². The van der Waals surface area contributed by atoms with E-state index >= 15 is 0 Å². The van der Waals surface area contributed by atoms with Crippen molar-refractivity contribution in [1.82, 2.24) is 15.1 Å². The highest BCUT2D eigenvalue weighted by molar-refractivity contribution is 5.80. The average Bonchev–Trinajstić information content (AvgIpc) is 3.23. The van der Waals surface area contributed by atoms with Crippen LogP contribution in [0.15, 0.2) is 29.3 Å². The Bertz CT molecular complexity index is 570. The summed E-state index contributed by atoms with van der Waals surface area (Å²) in [4.78, 5) is 9.62. The first-order valence-corrected chi connectivity index (χ1v) is 9.86. The van der Waals surface area contributed by atoms with Gasteiger partial charge in [0.05, 0.1) is 6.54 Å². The molecule has 1 spiro atoms. The lowest BCUT2D eigenvalue weighted by Crippen LogP contribution is -2.41. The number of aliphatic imine (C=N–C) groups is 1. The highest BCUT2D eigenvalue weighted by Crippen LogP contribution is 2.45. The second kappa shape index (κ2) is 8.22. The fraction of sp³-hybridized carbons (Fsp3) is 0.667. The van der Waals surface area contributed by atoms with Crippen molar-refractivity contribution in [3.05, 3.63) is 35.4 Å². The first-order chi connectivity index (χ1) is 12.1. The number of benzene rings is 1. The number of nitrogens with zero attached hydrogens (tertiary/aromatic N) is 3. The first kappa shape index (κ1) is 18.2. The topological polar surface area (TPSA) is 30.9 Å². The van der Waals surface area contributed by atoms with Crippen LogP contribution in [0.5, 0.6) is 0 Å². The Balaban J connectivity index is 1.62. The molecule has 0 atom stereocenters. The maximum Gasteiger partial charge on any atom is 0.194 e. The molecule has 0 unspecified atom stereocenters. The zero-order chi connectivity index (χ0) is 17.7. The van der Waals surface area contributed by atoms with Gasteiger partial charge in [-0.3, -0.25) is 0 Å². The van der Waals surface area contributed by atoms with Crippen molar-refractivity contribution < 1.29 is 0 Å². The predicted octanol–water partition coefficient (Wildman–Crippen LogP) is 3.48. The van der Waals surface area contributed by atoms with Crippen molar-refractivity contribution >= 4 is 5.96 Å². The van der Waals surface area contributed by atoms with Crippen LogP contribution in [0.1, 0.15) is 50.2 Å². The molecule has 1 saturated carbocycles. The van der Waals surface area contributed by atoms with Crippen LogP contribution in [0, 0.1) is 5.41 Å². The highest BCUT2D eigenvalue weighted by Gasteiger charge is 2.41. The molecular weight excluding hydrogens is 308 g/mol. The second-order valence-corrected chi connectivity index (χ2v) is 8.10. The molecule has 1 aromatic rings. The maximum atomic E-state index is 4.93. The SMILES string of the molecule is CCNC(=NCc1ccc(CN(C)C)cc1)N1CCC2(CCCC2)C1. The minimum absolute atomic E-state index is 0.587. The molecule has 1 aromatic carbocycles. The van der Waals surface area contributed by atoms with Gasteiger partial charge in [0.2, 0.25) is 0 Å². The van der Waals surface area contributed by atoms with Crippen molar-refractivity contribution in [2.75, 3.05) is 33.7 Å². The van der Waals surface area contributed by atoms with Crippen LogP contribution in [0.25, 0.3) is 0 Å². The summed E-state index contributed by atoms with van der Waals surface area (Å²) in [6.07, 6.45) is 7.00. The lowest BCUT2D eigenvalue weighted by atomic mass is 9.86. The van der Waals surface area contributed by atoms with Crippen LogP contribution < -0.4 is 5.32 Å². The second-order valence-electron chi connectivity index (χ2n) is 8.10. The molecule has 1 N–H and O–H groups in total. The van der Waals surface area contributed by atoms with E-state index in [0.717, 1.165) is 32.1 Å². The van der Waals surface area contributed by atoms with Crippen molar-refractivity contribution in [1.29, 1.82) is 0 Å². The molecule has 0 radical (unpaired) electrons. The number of likely N-dealkylation sites (tertiary alicyclic amines) is 1. The van der Waals surface area contributed by atoms with Crippen LogP contribution in [-0.2, 0) is 13.1 Å². The molecule has 25 heavy (non-hydrogen) atoms. The molecule has 4 heteroatoms. The van der Waals surface area contributed by atoms with E-state index in [1.807, 2.05) is 0 Å². The van der Waals surface area contributed by atoms with Gasteiger partial charge in [-0.1, -0.05) is 37.1 Å². The Labute approximate surface area is 153 Å². The highest BCUT2D eigenvalue weighted by atomic mass is 15.3. The third-order valence-electron chi connectivity index (χ3n) is 5.67. The summed E-state index contributed by atoms with van der Waals surface area (Å²) in [5.74, 6) is 1.10. The van der Waals surface area contributed by atoms with Crippen molar-refractivity contribution in [3.8, 4) is 0 Å². The molecule has 0 bridgehead atoms. The third-order valence-corrected chi connectivity index (χ3v) is 5.67. The Morgan fingerprint density at radius 3 is 2.44 bits per heavy atom. The molecule has 4 nitrogen and oxygen atoms in total. The van der Waals surface area contributed by atoms with Crippen LogP contribution in [0.2, 0.25) is 0 Å². The average molecular weight is 343 g/mol. The summed E-state index contributed by atoms with van der Waals surface area (Å²) in [7, 11) is 4.21. The van der Waals surface area contributed by atoms with Gasteiger partial charge in [0.1, 0.15) is 0 Å². The van der Waals surface area contributed by atoms with Gasteiger partial charge in [-0.2, -0.15) is 0 Å². The predicted molar refractivity (Wildman–Crippen MR) is 106 cm³/mol. The molecule has 2 aliphatic rings. The fourth-order valence-corrected chi connectivity index (χ4v) is 4.36. The molecule has 138 valence electrons. The van der Waals surface area contributed by atoms with E-state index < -0.39 is 0 Å². The lowest BCUT2D eigenvalue weighted by Gasteiger charge is -2.26. The molecule has 0 aromatic heterocycles. The summed E-state index contributed by atoms with van der Waals surface area (Å²) in [6, 6.07) is 8.88. The molecule has 1 aliphatic carbocycles. The number of guanidine groups is 1. The van der Waals surface area contributed by atoms with E-state index in [1.165, 1.54) is 49.8 Å². The molecule has 1 saturated heterocycles. The number of rotatable bonds is 5. The van der Waals surface area contributed by atoms with E-state index in [1.54, 1.807) is 0 Å². The number of nitrogens with one attached hydrogen (secondary N) is 1. The van der Waals surface area contributed by atoms with Gasteiger partial charge in [0.25, 0.3) is 0 Å². The fourth-order valence-electron chi connectivity index (χ4n) is 4.36. The van der Waals surface area contributed by atoms with Gasteiger partial charge >= 0.3 is 0 Å². The van der Waals surface area contributed by atoms with Gasteiger partial charge in [-0.25, -0.2) is 4.99 Å². The largest absolute Gasteiger partial charge is 0.357 e. The zero-order valence-electron chi connectivity index (χ0n) is 16.2. The van der Waals surface area contributed by atoms with E-state index in [2.05, 4.69) is 60.4 Å². The first-order valence-electron chi connectivity index (χ1n) is 9.86. The molecule has 0 amide bonds. The Morgan fingerprint density at radius 1 is 1.12 bits per heavy atom. The number of hydrogen-bond donors (Lipinski definition) is 1. The van der Waals surface area contributed by atoms with Crippen LogP contribution in [0.4, 0.5) is 0 Å². The summed E-state index contributed by atoms with van der Waals surface area (Å²) >= 11 is 0. The standard InChI is InChI=1S/C21H34N4/c1-4-22-20(25-14-13-21(17-25)11-5-6-12-21)23-15-18-7-9-19(10-8-18)16-24(2)3/h7-10H,4-6,11-17H2,1-3H3,(H,22,23). The number of hydrogen-bond acceptors (Lipinski definition) is 2. The van der Waals surface area contributed by atoms with Gasteiger partial charge in [-0.15, -0.1) is 0 Å². The molecule has 1 aliphatic heterocycles. The smallest absolute Gasteiger partial charge is 0.194 e. The minimum atomic E-state index is 0.587. The summed E-state index contributed by atoms with van der Waals surface area (Å²) < 4.78 is 0. The Kier molecular flexibility index (Phi) is 6.00. The monoisotopic (exact) mass is 342 g/mol. The van der Waals surface area contributed by atoms with Gasteiger partial charge in [-0.05, 0) is 56.8 Å². The van der Waals surface area contributed by atoms with E-state index in [-0.39, 0.29) is 0 Å². The van der Waals surface area contributed by atoms with Crippen molar-refractivity contribution in [2.24, 2.45) is 10.4 Å². The maximum absolute atomic E-state index is 4.93. The normalized spacial score (nSPS) is 20.0. The van der Waals surface area contributed by atoms with Gasteiger partial charge in [0.15, 0.2) is 5.96 Å². The van der Waals surface area contributed by atoms with Crippen LogP contribution in [-0.4, -0.2) is 49.5 Å². The zero-order valence-corrected chi connectivity index (χ0v) is 16.2. The summed E-state index contributed by atoms with van der Waals surface area (Å²) in [5, 5.41) is 3.51. The molecular formula is C21H34N4. The summed E-state index contributed by atoms with van der Waals surface area (Å²) in [6.45, 7) is 7.20.